The van der Waals surface area contributed by atoms with E-state index in [1.807, 2.05) is 36.4 Å². The molecule has 0 saturated carbocycles. The highest BCUT2D eigenvalue weighted by Crippen LogP contribution is 2.31. The molecular formula is C21H17ClN2O3. The molecule has 0 aliphatic rings. The first-order valence-corrected chi connectivity index (χ1v) is 8.75. The largest absolute Gasteiger partial charge is 0.422 e. The summed E-state index contributed by atoms with van der Waals surface area (Å²) in [4.78, 5) is 28.0. The van der Waals surface area contributed by atoms with Crippen molar-refractivity contribution in [3.05, 3.63) is 66.7 Å². The SMILES string of the molecule is C=C(C)C(=O)Oc1cc(-c2ccc(NC(=O)CCl)cc2)nc2ccccc12. The summed E-state index contributed by atoms with van der Waals surface area (Å²) in [5.41, 5.74) is 3.13. The lowest BCUT2D eigenvalue weighted by Crippen LogP contribution is -2.12. The Morgan fingerprint density at radius 1 is 1.15 bits per heavy atom. The number of ether oxygens (including phenoxy) is 1. The van der Waals surface area contributed by atoms with Crippen LogP contribution in [0.5, 0.6) is 5.75 Å². The maximum absolute atomic E-state index is 12.0. The summed E-state index contributed by atoms with van der Waals surface area (Å²) >= 11 is 5.50. The minimum Gasteiger partial charge on any atom is -0.422 e. The number of pyridine rings is 1. The van der Waals surface area contributed by atoms with E-state index in [1.165, 1.54) is 0 Å². The van der Waals surface area contributed by atoms with Gasteiger partial charge >= 0.3 is 5.97 Å². The molecule has 3 rings (SSSR count). The molecule has 6 heteroatoms. The lowest BCUT2D eigenvalue weighted by molar-refractivity contribution is -0.130. The Hall–Kier alpha value is -3.18. The number of fused-ring (bicyclic) bond motifs is 1. The third kappa shape index (κ3) is 4.33. The van der Waals surface area contributed by atoms with Gasteiger partial charge in [0.25, 0.3) is 0 Å². The van der Waals surface area contributed by atoms with Crippen LogP contribution in [0.15, 0.2) is 66.7 Å². The van der Waals surface area contributed by atoms with Crippen LogP contribution in [0.25, 0.3) is 22.2 Å². The Kier molecular flexibility index (Phi) is 5.52. The van der Waals surface area contributed by atoms with Crippen LogP contribution in [0.2, 0.25) is 0 Å². The zero-order valence-electron chi connectivity index (χ0n) is 14.7. The molecule has 1 aromatic heterocycles. The highest BCUT2D eigenvalue weighted by Gasteiger charge is 2.13. The zero-order chi connectivity index (χ0) is 19.4. The number of aromatic nitrogens is 1. The molecule has 5 nitrogen and oxygen atoms in total. The second-order valence-electron chi connectivity index (χ2n) is 5.95. The molecular weight excluding hydrogens is 364 g/mol. The Bertz CT molecular complexity index is 1030. The number of nitrogens with one attached hydrogen (secondary N) is 1. The van der Waals surface area contributed by atoms with Crippen molar-refractivity contribution in [2.75, 3.05) is 11.2 Å². The lowest BCUT2D eigenvalue weighted by atomic mass is 10.1. The molecule has 2 aromatic carbocycles. The number of hydrogen-bond donors (Lipinski definition) is 1. The number of carbonyl (C=O) groups is 2. The van der Waals surface area contributed by atoms with Crippen LogP contribution in [-0.4, -0.2) is 22.7 Å². The third-order valence-corrected chi connectivity index (χ3v) is 4.06. The normalized spacial score (nSPS) is 10.4. The van der Waals surface area contributed by atoms with Crippen molar-refractivity contribution >= 4 is 40.1 Å². The number of alkyl halides is 1. The fourth-order valence-corrected chi connectivity index (χ4v) is 2.55. The molecule has 0 fully saturated rings. The van der Waals surface area contributed by atoms with Crippen LogP contribution in [-0.2, 0) is 9.59 Å². The predicted molar refractivity (Wildman–Crippen MR) is 107 cm³/mol. The molecule has 0 bridgehead atoms. The maximum atomic E-state index is 12.0. The average molecular weight is 381 g/mol. The second kappa shape index (κ2) is 8.01. The number of esters is 1. The Balaban J connectivity index is 2.00. The van der Waals surface area contributed by atoms with Crippen molar-refractivity contribution in [1.82, 2.24) is 4.98 Å². The van der Waals surface area contributed by atoms with Gasteiger partial charge in [-0.3, -0.25) is 4.79 Å². The average Bonchev–Trinajstić information content (AvgIpc) is 2.68. The fraction of sp³-hybridized carbons (Fsp3) is 0.0952. The van der Waals surface area contributed by atoms with E-state index >= 15 is 0 Å². The monoisotopic (exact) mass is 380 g/mol. The van der Waals surface area contributed by atoms with Crippen molar-refractivity contribution in [2.24, 2.45) is 0 Å². The van der Waals surface area contributed by atoms with Gasteiger partial charge in [0.2, 0.25) is 5.91 Å². The quantitative estimate of drug-likeness (QED) is 0.400. The number of halogens is 1. The van der Waals surface area contributed by atoms with Crippen molar-refractivity contribution < 1.29 is 14.3 Å². The minimum atomic E-state index is -0.489. The molecule has 0 aliphatic carbocycles. The summed E-state index contributed by atoms with van der Waals surface area (Å²) in [6.45, 7) is 5.22. The Morgan fingerprint density at radius 3 is 2.52 bits per heavy atom. The van der Waals surface area contributed by atoms with E-state index in [-0.39, 0.29) is 11.8 Å². The number of nitrogens with zero attached hydrogens (tertiary/aromatic N) is 1. The predicted octanol–water partition coefficient (Wildman–Crippen LogP) is 4.56. The first-order chi connectivity index (χ1) is 13.0. The van der Waals surface area contributed by atoms with Crippen molar-refractivity contribution in [2.45, 2.75) is 6.92 Å². The highest BCUT2D eigenvalue weighted by molar-refractivity contribution is 6.29. The smallest absolute Gasteiger partial charge is 0.338 e. The standard InChI is InChI=1S/C21H17ClN2O3/c1-13(2)21(26)27-19-11-18(24-17-6-4-3-5-16(17)19)14-7-9-15(10-8-14)23-20(25)12-22/h3-11H,1,12H2,2H3,(H,23,25). The van der Waals surface area contributed by atoms with E-state index in [2.05, 4.69) is 16.9 Å². The molecule has 27 heavy (non-hydrogen) atoms. The number of hydrogen-bond acceptors (Lipinski definition) is 4. The molecule has 0 spiro atoms. The van der Waals surface area contributed by atoms with Gasteiger partial charge in [0.1, 0.15) is 11.6 Å². The first kappa shape index (κ1) is 18.6. The van der Waals surface area contributed by atoms with Crippen LogP contribution in [0.1, 0.15) is 6.92 Å². The first-order valence-electron chi connectivity index (χ1n) is 8.21. The van der Waals surface area contributed by atoms with Crippen molar-refractivity contribution in [3.8, 4) is 17.0 Å². The summed E-state index contributed by atoms with van der Waals surface area (Å²) in [7, 11) is 0. The molecule has 136 valence electrons. The van der Waals surface area contributed by atoms with E-state index in [1.54, 1.807) is 25.1 Å². The molecule has 1 heterocycles. The topological polar surface area (TPSA) is 68.3 Å². The van der Waals surface area contributed by atoms with Crippen LogP contribution in [0.4, 0.5) is 5.69 Å². The molecule has 0 saturated heterocycles. The Labute approximate surface area is 161 Å². The van der Waals surface area contributed by atoms with Gasteiger partial charge in [-0.25, -0.2) is 9.78 Å². The van der Waals surface area contributed by atoms with E-state index < -0.39 is 5.97 Å². The van der Waals surface area contributed by atoms with Crippen LogP contribution < -0.4 is 10.1 Å². The summed E-state index contributed by atoms with van der Waals surface area (Å²) in [5.74, 6) is -0.451. The summed E-state index contributed by atoms with van der Waals surface area (Å²) < 4.78 is 5.49. The molecule has 1 N–H and O–H groups in total. The zero-order valence-corrected chi connectivity index (χ0v) is 15.4. The van der Waals surface area contributed by atoms with E-state index in [4.69, 9.17) is 16.3 Å². The lowest BCUT2D eigenvalue weighted by Gasteiger charge is -2.11. The second-order valence-corrected chi connectivity index (χ2v) is 6.22. The van der Waals surface area contributed by atoms with Crippen molar-refractivity contribution in [1.29, 1.82) is 0 Å². The number of benzene rings is 2. The summed E-state index contributed by atoms with van der Waals surface area (Å²) in [5, 5.41) is 3.42. The number of anilines is 1. The van der Waals surface area contributed by atoms with Gasteiger partial charge in [-0.05, 0) is 31.2 Å². The van der Waals surface area contributed by atoms with Gasteiger partial charge in [-0.15, -0.1) is 11.6 Å². The summed E-state index contributed by atoms with van der Waals surface area (Å²) in [6.07, 6.45) is 0. The van der Waals surface area contributed by atoms with Crippen LogP contribution in [0, 0.1) is 0 Å². The number of carbonyl (C=O) groups excluding carboxylic acids is 2. The maximum Gasteiger partial charge on any atom is 0.338 e. The van der Waals surface area contributed by atoms with E-state index in [0.717, 1.165) is 10.9 Å². The van der Waals surface area contributed by atoms with Gasteiger partial charge in [-0.2, -0.15) is 0 Å². The van der Waals surface area contributed by atoms with E-state index in [9.17, 15) is 9.59 Å². The Morgan fingerprint density at radius 2 is 1.85 bits per heavy atom. The van der Waals surface area contributed by atoms with Gasteiger partial charge in [0.15, 0.2) is 0 Å². The molecule has 0 atom stereocenters. The number of rotatable bonds is 5. The number of amides is 1. The highest BCUT2D eigenvalue weighted by atomic mass is 35.5. The van der Waals surface area contributed by atoms with Gasteiger partial charge in [0, 0.05) is 28.3 Å². The fourth-order valence-electron chi connectivity index (χ4n) is 2.48. The third-order valence-electron chi connectivity index (χ3n) is 3.82. The molecule has 3 aromatic rings. The molecule has 0 unspecified atom stereocenters. The van der Waals surface area contributed by atoms with Crippen LogP contribution in [0.3, 0.4) is 0 Å². The molecule has 1 amide bonds. The molecule has 0 aliphatic heterocycles. The van der Waals surface area contributed by atoms with Crippen LogP contribution >= 0.6 is 11.6 Å². The molecule has 0 radical (unpaired) electrons. The van der Waals surface area contributed by atoms with Gasteiger partial charge in [-0.1, -0.05) is 30.8 Å². The van der Waals surface area contributed by atoms with Gasteiger partial charge < -0.3 is 10.1 Å². The van der Waals surface area contributed by atoms with E-state index in [0.29, 0.717) is 28.2 Å². The van der Waals surface area contributed by atoms with Crippen molar-refractivity contribution in [3.63, 3.8) is 0 Å². The van der Waals surface area contributed by atoms with Gasteiger partial charge in [0.05, 0.1) is 11.2 Å². The summed E-state index contributed by atoms with van der Waals surface area (Å²) in [6, 6.07) is 16.3. The minimum absolute atomic E-state index is 0.106. The number of para-hydroxylation sites is 1.